The minimum Gasteiger partial charge on any atom is -0.495 e. The van der Waals surface area contributed by atoms with Gasteiger partial charge in [-0.25, -0.2) is 4.57 Å². The van der Waals surface area contributed by atoms with E-state index in [9.17, 15) is 14.8 Å². The van der Waals surface area contributed by atoms with E-state index in [2.05, 4.69) is 16.4 Å². The zero-order valence-corrected chi connectivity index (χ0v) is 10.6. The van der Waals surface area contributed by atoms with Crippen LogP contribution in [0.5, 0.6) is 0 Å². The van der Waals surface area contributed by atoms with Gasteiger partial charge in [0.1, 0.15) is 24.4 Å². The fourth-order valence-electron chi connectivity index (χ4n) is 1.65. The van der Waals surface area contributed by atoms with Gasteiger partial charge in [-0.15, -0.1) is 0 Å². The van der Waals surface area contributed by atoms with Gasteiger partial charge >= 0.3 is 7.82 Å². The second-order valence-electron chi connectivity index (χ2n) is 3.92. The third-order valence-corrected chi connectivity index (χ3v) is 2.94. The highest BCUT2D eigenvalue weighted by Crippen LogP contribution is 2.40. The molecule has 11 heteroatoms. The summed E-state index contributed by atoms with van der Waals surface area (Å²) in [7, 11) is -4.95. The molecule has 0 aromatic carbocycles. The van der Waals surface area contributed by atoms with E-state index in [1.807, 2.05) is 0 Å². The molecule has 1 fully saturated rings. The van der Waals surface area contributed by atoms with Gasteiger partial charge < -0.3 is 40.3 Å². The fourth-order valence-corrected chi connectivity index (χ4v) is 2.10. The molecule has 0 radical (unpaired) electrons. The van der Waals surface area contributed by atoms with Crippen molar-refractivity contribution in [3.05, 3.63) is 12.5 Å². The summed E-state index contributed by atoms with van der Waals surface area (Å²) in [6.07, 6.45) is -6.17. The number of aliphatic hydroxyl groups excluding tert-OH is 4. The molecule has 7 N–H and O–H groups in total. The number of phosphoric ester groups is 1. The number of hydrogen-bond acceptors (Lipinski definition) is 8. The average molecular weight is 301 g/mol. The summed E-state index contributed by atoms with van der Waals surface area (Å²) in [5, 5.41) is 39.4. The standard InChI is InChI=1S/C8H16NO9P/c1-3(11)9-5-7(13)6(12)4(2-10)17-8(5)18-19(14,15)16/h4-13H,1-2H2,(H2,14,15,16). The fraction of sp³-hybridized carbons (Fsp3) is 0.750. The van der Waals surface area contributed by atoms with Crippen LogP contribution >= 0.6 is 7.82 Å². The molecule has 0 spiro atoms. The van der Waals surface area contributed by atoms with Crippen molar-refractivity contribution in [2.24, 2.45) is 0 Å². The molecule has 0 amide bonds. The molecule has 1 aliphatic rings. The van der Waals surface area contributed by atoms with Crippen molar-refractivity contribution in [2.45, 2.75) is 30.6 Å². The van der Waals surface area contributed by atoms with Crippen molar-refractivity contribution in [3.63, 3.8) is 0 Å². The Balaban J connectivity index is 2.92. The van der Waals surface area contributed by atoms with Gasteiger partial charge in [-0.2, -0.15) is 0 Å². The Morgan fingerprint density at radius 1 is 1.37 bits per heavy atom. The molecular weight excluding hydrogens is 285 g/mol. The van der Waals surface area contributed by atoms with Gasteiger partial charge in [0.15, 0.2) is 12.2 Å². The van der Waals surface area contributed by atoms with E-state index in [4.69, 9.17) is 24.7 Å². The highest BCUT2D eigenvalue weighted by molar-refractivity contribution is 7.46. The molecule has 0 aliphatic carbocycles. The lowest BCUT2D eigenvalue weighted by molar-refractivity contribution is -0.248. The predicted molar refractivity (Wildman–Crippen MR) is 59.6 cm³/mol. The highest BCUT2D eigenvalue weighted by atomic mass is 31.2. The summed E-state index contributed by atoms with van der Waals surface area (Å²) >= 11 is 0. The first-order valence-electron chi connectivity index (χ1n) is 5.16. The maximum atomic E-state index is 10.8. The number of hydrogen-bond donors (Lipinski definition) is 7. The minimum absolute atomic E-state index is 0.624. The van der Waals surface area contributed by atoms with Gasteiger partial charge in [0.2, 0.25) is 0 Å². The largest absolute Gasteiger partial charge is 0.495 e. The van der Waals surface area contributed by atoms with E-state index in [1.165, 1.54) is 0 Å². The first-order chi connectivity index (χ1) is 8.65. The lowest BCUT2D eigenvalue weighted by Crippen LogP contribution is -2.63. The van der Waals surface area contributed by atoms with Crippen LogP contribution in [0.3, 0.4) is 0 Å². The maximum absolute atomic E-state index is 10.8. The third kappa shape index (κ3) is 4.41. The van der Waals surface area contributed by atoms with E-state index in [0.29, 0.717) is 0 Å². The number of aliphatic hydroxyl groups is 4. The third-order valence-electron chi connectivity index (χ3n) is 2.46. The summed E-state index contributed by atoms with van der Waals surface area (Å²) in [5.74, 6) is -0.624. The lowest BCUT2D eigenvalue weighted by Gasteiger charge is -2.42. The van der Waals surface area contributed by atoms with Crippen LogP contribution in [-0.2, 0) is 13.8 Å². The molecule has 1 heterocycles. The maximum Gasteiger partial charge on any atom is 0.472 e. The quantitative estimate of drug-likeness (QED) is 0.213. The van der Waals surface area contributed by atoms with Crippen LogP contribution < -0.4 is 5.32 Å². The molecule has 1 saturated heterocycles. The molecule has 0 aromatic rings. The summed E-state index contributed by atoms with van der Waals surface area (Å²) in [5.41, 5.74) is 0. The molecule has 5 atom stereocenters. The van der Waals surface area contributed by atoms with Crippen LogP contribution in [-0.4, -0.2) is 67.5 Å². The monoisotopic (exact) mass is 301 g/mol. The van der Waals surface area contributed by atoms with E-state index < -0.39 is 51.0 Å². The molecule has 0 aromatic heterocycles. The second-order valence-corrected chi connectivity index (χ2v) is 5.11. The molecular formula is C8H16NO9P. The first-order valence-corrected chi connectivity index (χ1v) is 6.69. The van der Waals surface area contributed by atoms with E-state index >= 15 is 0 Å². The minimum atomic E-state index is -4.95. The highest BCUT2D eigenvalue weighted by Gasteiger charge is 2.47. The smallest absolute Gasteiger partial charge is 0.472 e. The topological polar surface area (TPSA) is 169 Å². The van der Waals surface area contributed by atoms with E-state index in [-0.39, 0.29) is 0 Å². The van der Waals surface area contributed by atoms with Crippen molar-refractivity contribution in [3.8, 4) is 0 Å². The Bertz CT molecular complexity index is 371. The van der Waals surface area contributed by atoms with Crippen LogP contribution in [0, 0.1) is 0 Å². The average Bonchev–Trinajstić information content (AvgIpc) is 2.26. The summed E-state index contributed by atoms with van der Waals surface area (Å²) in [6.45, 7) is 2.37. The Labute approximate surface area is 108 Å². The first kappa shape index (κ1) is 16.3. The van der Waals surface area contributed by atoms with Crippen LogP contribution in [0.4, 0.5) is 0 Å². The van der Waals surface area contributed by atoms with Gasteiger partial charge in [-0.1, -0.05) is 0 Å². The van der Waals surface area contributed by atoms with Crippen LogP contribution in [0.25, 0.3) is 0 Å². The number of phosphoric acid groups is 1. The Kier molecular flexibility index (Phi) is 5.30. The summed E-state index contributed by atoms with van der Waals surface area (Å²) in [6, 6.07) is -1.39. The SMILES string of the molecule is C=C(O)NC1C(OP(=O)(O)O)OC(CO)C(O)C1O. The van der Waals surface area contributed by atoms with Crippen molar-refractivity contribution in [2.75, 3.05) is 6.61 Å². The predicted octanol–water partition coefficient (Wildman–Crippen LogP) is -2.48. The van der Waals surface area contributed by atoms with Crippen LogP contribution in [0.1, 0.15) is 0 Å². The molecule has 0 saturated carbocycles. The zero-order chi connectivity index (χ0) is 14.8. The summed E-state index contributed by atoms with van der Waals surface area (Å²) in [4.78, 5) is 17.4. The molecule has 112 valence electrons. The second kappa shape index (κ2) is 6.16. The van der Waals surface area contributed by atoms with E-state index in [0.717, 1.165) is 0 Å². The lowest BCUT2D eigenvalue weighted by atomic mass is 9.97. The normalized spacial score (nSPS) is 35.9. The molecule has 5 unspecified atom stereocenters. The van der Waals surface area contributed by atoms with Gasteiger partial charge in [0.25, 0.3) is 0 Å². The number of ether oxygens (including phenoxy) is 1. The summed E-state index contributed by atoms with van der Waals surface area (Å²) < 4.78 is 20.0. The number of rotatable bonds is 5. The van der Waals surface area contributed by atoms with Crippen molar-refractivity contribution < 1.29 is 44.0 Å². The van der Waals surface area contributed by atoms with Crippen LogP contribution in [0.2, 0.25) is 0 Å². The molecule has 10 nitrogen and oxygen atoms in total. The van der Waals surface area contributed by atoms with Gasteiger partial charge in [-0.3, -0.25) is 4.52 Å². The van der Waals surface area contributed by atoms with Crippen molar-refractivity contribution in [1.29, 1.82) is 0 Å². The van der Waals surface area contributed by atoms with Gasteiger partial charge in [-0.05, 0) is 6.58 Å². The zero-order valence-electron chi connectivity index (χ0n) is 9.66. The molecule has 1 aliphatic heterocycles. The Hall–Kier alpha value is -0.710. The van der Waals surface area contributed by atoms with Crippen LogP contribution in [0.15, 0.2) is 12.5 Å². The molecule has 1 rings (SSSR count). The van der Waals surface area contributed by atoms with Gasteiger partial charge in [0, 0.05) is 0 Å². The van der Waals surface area contributed by atoms with Crippen molar-refractivity contribution >= 4 is 7.82 Å². The molecule has 0 bridgehead atoms. The van der Waals surface area contributed by atoms with E-state index in [1.54, 1.807) is 0 Å². The number of nitrogens with one attached hydrogen (secondary N) is 1. The van der Waals surface area contributed by atoms with Gasteiger partial charge in [0.05, 0.1) is 6.61 Å². The Morgan fingerprint density at radius 2 is 1.95 bits per heavy atom. The molecule has 19 heavy (non-hydrogen) atoms. The van der Waals surface area contributed by atoms with Crippen molar-refractivity contribution in [1.82, 2.24) is 5.32 Å². The Morgan fingerprint density at radius 3 is 2.37 bits per heavy atom.